The summed E-state index contributed by atoms with van der Waals surface area (Å²) < 4.78 is 41.5. The maximum Gasteiger partial charge on any atom is 0.271 e. The molecule has 1 aromatic heterocycles. The molecule has 3 rings (SSSR count). The van der Waals surface area contributed by atoms with E-state index in [1.807, 2.05) is 36.4 Å². The van der Waals surface area contributed by atoms with Crippen LogP contribution < -0.4 is 11.1 Å². The summed E-state index contributed by atoms with van der Waals surface area (Å²) in [6, 6.07) is 15.7. The van der Waals surface area contributed by atoms with Crippen LogP contribution in [0.2, 0.25) is 0 Å². The number of aromatic nitrogens is 2. The van der Waals surface area contributed by atoms with Crippen molar-refractivity contribution in [2.45, 2.75) is 57.3 Å². The van der Waals surface area contributed by atoms with Crippen LogP contribution in [0.3, 0.4) is 0 Å². The lowest BCUT2D eigenvalue weighted by Crippen LogP contribution is -2.46. The molecule has 0 saturated heterocycles. The fraction of sp³-hybridized carbons (Fsp3) is 0.407. The Kier molecular flexibility index (Phi) is 10.0. The first-order valence-corrected chi connectivity index (χ1v) is 14.0. The number of hydrogen-bond donors (Lipinski definition) is 3. The Balaban J connectivity index is 1.83. The van der Waals surface area contributed by atoms with Crippen molar-refractivity contribution >= 4 is 33.2 Å². The smallest absolute Gasteiger partial charge is 0.271 e. The molecular formula is C27H34FN5O4S. The Morgan fingerprint density at radius 1 is 1.16 bits per heavy atom. The van der Waals surface area contributed by atoms with Gasteiger partial charge in [0.25, 0.3) is 15.9 Å². The van der Waals surface area contributed by atoms with E-state index >= 15 is 0 Å². The molecule has 204 valence electrons. The van der Waals surface area contributed by atoms with Gasteiger partial charge in [0.05, 0.1) is 29.4 Å². The molecule has 9 nitrogen and oxygen atoms in total. The van der Waals surface area contributed by atoms with Crippen LogP contribution >= 0.6 is 0 Å². The lowest BCUT2D eigenvalue weighted by atomic mass is 9.89. The van der Waals surface area contributed by atoms with E-state index in [1.54, 1.807) is 18.2 Å². The molecule has 2 aromatic carbocycles. The SMILES string of the molecule is CC(C)(F)CCC(C=NS(=O)(=O)CN)CC(O)C(Cc1ccccc1)NC(=O)c1cnc2ccccc2n1. The second kappa shape index (κ2) is 13.0. The Morgan fingerprint density at radius 3 is 2.47 bits per heavy atom. The third kappa shape index (κ3) is 9.23. The van der Waals surface area contributed by atoms with Crippen LogP contribution in [0.5, 0.6) is 0 Å². The standard InChI is InChI=1S/C27H34FN5O4S/c1-27(2,28)13-12-20(16-31-38(36,37)18-29)15-25(34)23(14-19-8-4-3-5-9-19)33-26(35)24-17-30-21-10-6-7-11-22(21)32-24/h3-11,16-17,20,23,25,34H,12-15,18,29H2,1-2H3,(H,33,35). The molecular weight excluding hydrogens is 509 g/mol. The van der Waals surface area contributed by atoms with E-state index in [9.17, 15) is 22.7 Å². The Hall–Kier alpha value is -3.28. The normalized spacial score (nSPS) is 14.9. The number of rotatable bonds is 13. The molecule has 0 aliphatic heterocycles. The number of amides is 1. The molecule has 0 fully saturated rings. The molecule has 3 aromatic rings. The largest absolute Gasteiger partial charge is 0.391 e. The van der Waals surface area contributed by atoms with E-state index in [-0.39, 0.29) is 25.0 Å². The zero-order valence-electron chi connectivity index (χ0n) is 21.5. The van der Waals surface area contributed by atoms with Gasteiger partial charge in [-0.05, 0) is 63.1 Å². The summed E-state index contributed by atoms with van der Waals surface area (Å²) in [7, 11) is -3.86. The molecule has 11 heteroatoms. The van der Waals surface area contributed by atoms with Gasteiger partial charge in [-0.1, -0.05) is 42.5 Å². The number of carbonyl (C=O) groups excluding carboxylic acids is 1. The van der Waals surface area contributed by atoms with Gasteiger partial charge in [0, 0.05) is 6.21 Å². The van der Waals surface area contributed by atoms with Gasteiger partial charge in [0.1, 0.15) is 17.2 Å². The summed E-state index contributed by atoms with van der Waals surface area (Å²) in [5.41, 5.74) is 5.94. The highest BCUT2D eigenvalue weighted by Crippen LogP contribution is 2.23. The first-order chi connectivity index (χ1) is 18.0. The number of nitrogens with two attached hydrogens (primary N) is 1. The number of halogens is 1. The third-order valence-electron chi connectivity index (χ3n) is 6.06. The van der Waals surface area contributed by atoms with Crippen LogP contribution in [0, 0.1) is 5.92 Å². The number of aliphatic hydroxyl groups excluding tert-OH is 1. The average molecular weight is 544 g/mol. The summed E-state index contributed by atoms with van der Waals surface area (Å²) in [6.45, 7) is 2.86. The number of hydrogen-bond acceptors (Lipinski definition) is 7. The quantitative estimate of drug-likeness (QED) is 0.281. The van der Waals surface area contributed by atoms with Crippen LogP contribution in [-0.4, -0.2) is 59.3 Å². The summed E-state index contributed by atoms with van der Waals surface area (Å²) in [5, 5.41) is 14.1. The molecule has 0 bridgehead atoms. The van der Waals surface area contributed by atoms with Gasteiger partial charge in [-0.25, -0.2) is 17.8 Å². The summed E-state index contributed by atoms with van der Waals surface area (Å²) >= 11 is 0. The van der Waals surface area contributed by atoms with Gasteiger partial charge < -0.3 is 16.2 Å². The number of nitrogens with zero attached hydrogens (tertiary/aromatic N) is 3. The molecule has 3 unspecified atom stereocenters. The zero-order chi connectivity index (χ0) is 27.8. The Labute approximate surface area is 222 Å². The van der Waals surface area contributed by atoms with Gasteiger partial charge in [0.15, 0.2) is 0 Å². The number of sulfonamides is 1. The Morgan fingerprint density at radius 2 is 1.82 bits per heavy atom. The van der Waals surface area contributed by atoms with Crippen molar-refractivity contribution in [1.29, 1.82) is 0 Å². The number of benzene rings is 2. The number of fused-ring (bicyclic) bond motifs is 1. The van der Waals surface area contributed by atoms with E-state index in [2.05, 4.69) is 19.7 Å². The van der Waals surface area contributed by atoms with Crippen LogP contribution in [0.25, 0.3) is 11.0 Å². The van der Waals surface area contributed by atoms with Crippen molar-refractivity contribution < 1.29 is 22.7 Å². The topological polar surface area (TPSA) is 148 Å². The number of aliphatic hydroxyl groups is 1. The van der Waals surface area contributed by atoms with Gasteiger partial charge in [-0.15, -0.1) is 0 Å². The van der Waals surface area contributed by atoms with E-state index in [0.717, 1.165) is 5.56 Å². The predicted molar refractivity (Wildman–Crippen MR) is 146 cm³/mol. The number of alkyl halides is 1. The summed E-state index contributed by atoms with van der Waals surface area (Å²) in [5.74, 6) is -1.74. The second-order valence-corrected chi connectivity index (χ2v) is 11.5. The second-order valence-electron chi connectivity index (χ2n) is 9.84. The molecule has 4 N–H and O–H groups in total. The van der Waals surface area contributed by atoms with Gasteiger partial charge in [-0.3, -0.25) is 9.78 Å². The van der Waals surface area contributed by atoms with Crippen molar-refractivity contribution in [2.24, 2.45) is 16.0 Å². The fourth-order valence-corrected chi connectivity index (χ4v) is 4.38. The monoisotopic (exact) mass is 543 g/mol. The summed E-state index contributed by atoms with van der Waals surface area (Å²) in [6.07, 6.45) is 2.18. The zero-order valence-corrected chi connectivity index (χ0v) is 22.3. The minimum atomic E-state index is -3.86. The molecule has 38 heavy (non-hydrogen) atoms. The van der Waals surface area contributed by atoms with Crippen molar-refractivity contribution in [3.63, 3.8) is 0 Å². The minimum absolute atomic E-state index is 0.0425. The first-order valence-electron chi connectivity index (χ1n) is 12.4. The molecule has 0 aliphatic rings. The van der Waals surface area contributed by atoms with Crippen LogP contribution in [-0.2, 0) is 16.4 Å². The van der Waals surface area contributed by atoms with E-state index in [1.165, 1.54) is 26.3 Å². The average Bonchev–Trinajstić information content (AvgIpc) is 2.89. The fourth-order valence-electron chi connectivity index (χ4n) is 3.94. The maximum absolute atomic E-state index is 14.2. The molecule has 0 aliphatic carbocycles. The molecule has 0 saturated carbocycles. The van der Waals surface area contributed by atoms with Crippen molar-refractivity contribution in [1.82, 2.24) is 15.3 Å². The molecule has 1 amide bonds. The molecule has 0 spiro atoms. The molecule has 0 radical (unpaired) electrons. The first kappa shape index (κ1) is 29.3. The maximum atomic E-state index is 14.2. The highest BCUT2D eigenvalue weighted by molar-refractivity contribution is 7.90. The van der Waals surface area contributed by atoms with E-state index in [0.29, 0.717) is 17.5 Å². The Bertz CT molecular complexity index is 1350. The van der Waals surface area contributed by atoms with Gasteiger partial charge in [0.2, 0.25) is 0 Å². The minimum Gasteiger partial charge on any atom is -0.391 e. The predicted octanol–water partition coefficient (Wildman–Crippen LogP) is 3.18. The number of carbonyl (C=O) groups is 1. The number of nitrogens with one attached hydrogen (secondary N) is 1. The van der Waals surface area contributed by atoms with Crippen LogP contribution in [0.15, 0.2) is 65.2 Å². The van der Waals surface area contributed by atoms with Crippen molar-refractivity contribution in [2.75, 3.05) is 5.88 Å². The van der Waals surface area contributed by atoms with Crippen LogP contribution in [0.4, 0.5) is 4.39 Å². The van der Waals surface area contributed by atoms with Crippen molar-refractivity contribution in [3.8, 4) is 0 Å². The lowest BCUT2D eigenvalue weighted by Gasteiger charge is -2.27. The summed E-state index contributed by atoms with van der Waals surface area (Å²) in [4.78, 5) is 21.8. The van der Waals surface area contributed by atoms with E-state index in [4.69, 9.17) is 5.73 Å². The lowest BCUT2D eigenvalue weighted by molar-refractivity contribution is 0.0777. The van der Waals surface area contributed by atoms with Gasteiger partial charge >= 0.3 is 0 Å². The highest BCUT2D eigenvalue weighted by Gasteiger charge is 2.27. The molecule has 3 atom stereocenters. The molecule has 1 heterocycles. The number of para-hydroxylation sites is 2. The third-order valence-corrected chi connectivity index (χ3v) is 6.92. The highest BCUT2D eigenvalue weighted by atomic mass is 32.2. The van der Waals surface area contributed by atoms with Crippen molar-refractivity contribution in [3.05, 3.63) is 72.1 Å². The van der Waals surface area contributed by atoms with Gasteiger partial charge in [-0.2, -0.15) is 4.40 Å². The van der Waals surface area contributed by atoms with Crippen LogP contribution in [0.1, 0.15) is 49.2 Å². The van der Waals surface area contributed by atoms with E-state index < -0.39 is 45.5 Å².